The molecule has 120 valence electrons. The van der Waals surface area contributed by atoms with Crippen LogP contribution < -0.4 is 0 Å². The van der Waals surface area contributed by atoms with Gasteiger partial charge in [0.05, 0.1) is 24.0 Å². The molecular formula is C15H28N4O2. The average Bonchev–Trinajstić information content (AvgIpc) is 2.51. The molecule has 6 heteroatoms. The molecule has 1 atom stereocenters. The van der Waals surface area contributed by atoms with Crippen molar-refractivity contribution in [1.82, 2.24) is 0 Å². The molecule has 0 bridgehead atoms. The molecule has 2 N–H and O–H groups in total. The number of aliphatic imine (C=N–C) groups is 2. The fourth-order valence-corrected chi connectivity index (χ4v) is 1.99. The molecular weight excluding hydrogens is 268 g/mol. The van der Waals surface area contributed by atoms with E-state index in [4.69, 9.17) is 10.4 Å². The second kappa shape index (κ2) is 11.0. The number of oxime groups is 2. The van der Waals surface area contributed by atoms with E-state index in [1.165, 1.54) is 0 Å². The fourth-order valence-electron chi connectivity index (χ4n) is 1.99. The maximum atomic E-state index is 8.97. The van der Waals surface area contributed by atoms with Crippen molar-refractivity contribution in [3.63, 3.8) is 0 Å². The van der Waals surface area contributed by atoms with E-state index in [-0.39, 0.29) is 6.04 Å². The van der Waals surface area contributed by atoms with Crippen LogP contribution in [0.4, 0.5) is 0 Å². The van der Waals surface area contributed by atoms with Crippen molar-refractivity contribution in [2.75, 3.05) is 6.54 Å². The highest BCUT2D eigenvalue weighted by Crippen LogP contribution is 2.02. The summed E-state index contributed by atoms with van der Waals surface area (Å²) in [5, 5.41) is 24.5. The third-order valence-corrected chi connectivity index (χ3v) is 3.17. The predicted octanol–water partition coefficient (Wildman–Crippen LogP) is 3.56. The van der Waals surface area contributed by atoms with Gasteiger partial charge in [-0.1, -0.05) is 38.0 Å². The standard InChI is InChI=1S/C15H28N4O2/c1-6-12(14(8-3)18-20)16-10-11(5)17-13(7-2)15(9-4)19-21/h11,20-21H,6-10H2,1-5H3. The van der Waals surface area contributed by atoms with Crippen molar-refractivity contribution in [2.24, 2.45) is 20.3 Å². The van der Waals surface area contributed by atoms with Crippen molar-refractivity contribution in [3.05, 3.63) is 0 Å². The lowest BCUT2D eigenvalue weighted by Gasteiger charge is -2.10. The van der Waals surface area contributed by atoms with Gasteiger partial charge in [0.2, 0.25) is 0 Å². The zero-order valence-electron chi connectivity index (χ0n) is 13.8. The van der Waals surface area contributed by atoms with Crippen LogP contribution in [0.2, 0.25) is 0 Å². The maximum Gasteiger partial charge on any atom is 0.100 e. The summed E-state index contributed by atoms with van der Waals surface area (Å²) in [6.07, 6.45) is 2.75. The Morgan fingerprint density at radius 3 is 1.57 bits per heavy atom. The van der Waals surface area contributed by atoms with Crippen molar-refractivity contribution >= 4 is 22.8 Å². The van der Waals surface area contributed by atoms with Gasteiger partial charge >= 0.3 is 0 Å². The first-order valence-electron chi connectivity index (χ1n) is 7.60. The summed E-state index contributed by atoms with van der Waals surface area (Å²) in [6, 6.07) is -0.0124. The van der Waals surface area contributed by atoms with Gasteiger partial charge in [0.1, 0.15) is 11.4 Å². The Morgan fingerprint density at radius 1 is 0.762 bits per heavy atom. The minimum Gasteiger partial charge on any atom is -0.411 e. The van der Waals surface area contributed by atoms with Crippen LogP contribution in [-0.4, -0.2) is 45.8 Å². The lowest BCUT2D eigenvalue weighted by molar-refractivity contribution is 0.318. The molecule has 0 saturated carbocycles. The number of rotatable bonds is 9. The summed E-state index contributed by atoms with van der Waals surface area (Å²) < 4.78 is 0. The lowest BCUT2D eigenvalue weighted by Crippen LogP contribution is -2.19. The van der Waals surface area contributed by atoms with Crippen molar-refractivity contribution in [3.8, 4) is 0 Å². The zero-order chi connectivity index (χ0) is 16.3. The van der Waals surface area contributed by atoms with Gasteiger partial charge in [-0.25, -0.2) is 0 Å². The molecule has 0 aromatic carbocycles. The summed E-state index contributed by atoms with van der Waals surface area (Å²) >= 11 is 0. The van der Waals surface area contributed by atoms with Crippen LogP contribution >= 0.6 is 0 Å². The van der Waals surface area contributed by atoms with Gasteiger partial charge in [-0.05, 0) is 32.6 Å². The summed E-state index contributed by atoms with van der Waals surface area (Å²) in [7, 11) is 0. The first-order valence-corrected chi connectivity index (χ1v) is 7.60. The van der Waals surface area contributed by atoms with Crippen LogP contribution in [0.1, 0.15) is 60.3 Å². The van der Waals surface area contributed by atoms with Crippen LogP contribution in [0.5, 0.6) is 0 Å². The van der Waals surface area contributed by atoms with Crippen LogP contribution in [0.3, 0.4) is 0 Å². The van der Waals surface area contributed by atoms with E-state index in [0.29, 0.717) is 30.8 Å². The molecule has 0 saturated heterocycles. The molecule has 0 aliphatic rings. The molecule has 0 aromatic heterocycles. The van der Waals surface area contributed by atoms with Crippen LogP contribution in [0.25, 0.3) is 0 Å². The minimum atomic E-state index is -0.0124. The van der Waals surface area contributed by atoms with Crippen molar-refractivity contribution in [2.45, 2.75) is 66.3 Å². The predicted molar refractivity (Wildman–Crippen MR) is 88.8 cm³/mol. The van der Waals surface area contributed by atoms with Gasteiger partial charge in [-0.2, -0.15) is 0 Å². The molecule has 0 fully saturated rings. The summed E-state index contributed by atoms with van der Waals surface area (Å²) in [5.74, 6) is 0. The van der Waals surface area contributed by atoms with Gasteiger partial charge < -0.3 is 10.4 Å². The Morgan fingerprint density at radius 2 is 1.19 bits per heavy atom. The quantitative estimate of drug-likeness (QED) is 0.387. The van der Waals surface area contributed by atoms with Crippen LogP contribution in [0.15, 0.2) is 20.3 Å². The highest BCUT2D eigenvalue weighted by molar-refractivity contribution is 6.42. The SMILES string of the molecule is CCC(=NO)C(CC)=NCC(C)N=C(CC)C(CC)=NO. The molecule has 1 unspecified atom stereocenters. The molecule has 21 heavy (non-hydrogen) atoms. The summed E-state index contributed by atoms with van der Waals surface area (Å²) in [5.41, 5.74) is 2.87. The number of hydrogen-bond acceptors (Lipinski definition) is 6. The topological polar surface area (TPSA) is 89.9 Å². The Kier molecular flexibility index (Phi) is 10.1. The second-order valence-electron chi connectivity index (χ2n) is 4.72. The van der Waals surface area contributed by atoms with E-state index in [0.717, 1.165) is 24.3 Å². The highest BCUT2D eigenvalue weighted by Gasteiger charge is 2.09. The smallest absolute Gasteiger partial charge is 0.100 e. The Bertz CT molecular complexity index is 425. The molecule has 0 rings (SSSR count). The minimum absolute atomic E-state index is 0.0124. The van der Waals surface area contributed by atoms with E-state index in [1.54, 1.807) is 0 Å². The largest absolute Gasteiger partial charge is 0.411 e. The Balaban J connectivity index is 4.99. The van der Waals surface area contributed by atoms with Gasteiger partial charge in [0, 0.05) is 0 Å². The first kappa shape index (κ1) is 19.3. The average molecular weight is 296 g/mol. The first-order chi connectivity index (χ1) is 10.1. The van der Waals surface area contributed by atoms with Gasteiger partial charge in [-0.3, -0.25) is 9.98 Å². The Hall–Kier alpha value is -1.72. The highest BCUT2D eigenvalue weighted by atomic mass is 16.4. The number of nitrogens with zero attached hydrogens (tertiary/aromatic N) is 4. The molecule has 0 aromatic rings. The summed E-state index contributed by atoms with van der Waals surface area (Å²) in [6.45, 7) is 10.3. The van der Waals surface area contributed by atoms with Gasteiger partial charge in [-0.15, -0.1) is 0 Å². The van der Waals surface area contributed by atoms with Crippen LogP contribution in [-0.2, 0) is 0 Å². The second-order valence-corrected chi connectivity index (χ2v) is 4.72. The van der Waals surface area contributed by atoms with Gasteiger partial charge in [0.15, 0.2) is 0 Å². The lowest BCUT2D eigenvalue weighted by atomic mass is 10.1. The van der Waals surface area contributed by atoms with E-state index in [1.807, 2.05) is 34.6 Å². The number of hydrogen-bond donors (Lipinski definition) is 2. The van der Waals surface area contributed by atoms with Crippen molar-refractivity contribution in [1.29, 1.82) is 0 Å². The normalized spacial score (nSPS) is 16.2. The molecule has 0 aliphatic heterocycles. The maximum absolute atomic E-state index is 8.97. The van der Waals surface area contributed by atoms with E-state index >= 15 is 0 Å². The monoisotopic (exact) mass is 296 g/mol. The molecule has 0 radical (unpaired) electrons. The fraction of sp³-hybridized carbons (Fsp3) is 0.733. The zero-order valence-corrected chi connectivity index (χ0v) is 13.8. The van der Waals surface area contributed by atoms with E-state index < -0.39 is 0 Å². The molecule has 0 aliphatic carbocycles. The van der Waals surface area contributed by atoms with Crippen LogP contribution in [0, 0.1) is 0 Å². The van der Waals surface area contributed by atoms with Crippen molar-refractivity contribution < 1.29 is 10.4 Å². The van der Waals surface area contributed by atoms with E-state index in [2.05, 4.69) is 20.3 Å². The van der Waals surface area contributed by atoms with E-state index in [9.17, 15) is 0 Å². The Labute approximate surface area is 127 Å². The third-order valence-electron chi connectivity index (χ3n) is 3.17. The molecule has 0 amide bonds. The molecule has 6 nitrogen and oxygen atoms in total. The summed E-state index contributed by atoms with van der Waals surface area (Å²) in [4.78, 5) is 9.07. The third kappa shape index (κ3) is 6.51. The molecule has 0 heterocycles. The van der Waals surface area contributed by atoms with Gasteiger partial charge in [0.25, 0.3) is 0 Å². The molecule has 0 spiro atoms.